The van der Waals surface area contributed by atoms with E-state index in [1.807, 2.05) is 12.2 Å². The molecule has 0 aliphatic carbocycles. The van der Waals surface area contributed by atoms with Crippen molar-refractivity contribution in [2.24, 2.45) is 5.73 Å². The second-order valence-corrected chi connectivity index (χ2v) is 10.9. The molecule has 0 aliphatic heterocycles. The monoisotopic (exact) mass is 600 g/mol. The van der Waals surface area contributed by atoms with Gasteiger partial charge in [0, 0.05) is 6.42 Å². The molecule has 43 heavy (non-hydrogen) atoms. The van der Waals surface area contributed by atoms with E-state index in [4.69, 9.17) is 10.5 Å². The molecular formula is C36H60N2O5. The molecule has 2 unspecified atom stereocenters. The highest BCUT2D eigenvalue weighted by Crippen LogP contribution is 2.16. The van der Waals surface area contributed by atoms with Crippen molar-refractivity contribution in [1.82, 2.24) is 5.32 Å². The van der Waals surface area contributed by atoms with Crippen LogP contribution in [0.4, 0.5) is 0 Å². The quantitative estimate of drug-likeness (QED) is 0.0472. The lowest BCUT2D eigenvalue weighted by molar-refractivity contribution is -0.148. The largest absolute Gasteiger partial charge is 0.480 e. The van der Waals surface area contributed by atoms with Crippen molar-refractivity contribution in [2.45, 2.75) is 142 Å². The third kappa shape index (κ3) is 27.6. The van der Waals surface area contributed by atoms with Crippen LogP contribution in [-0.4, -0.2) is 41.6 Å². The normalized spacial score (nSPS) is 13.6. The van der Waals surface area contributed by atoms with Gasteiger partial charge >= 0.3 is 11.9 Å². The van der Waals surface area contributed by atoms with Gasteiger partial charge in [-0.2, -0.15) is 0 Å². The Balaban J connectivity index is 4.32. The summed E-state index contributed by atoms with van der Waals surface area (Å²) < 4.78 is 5.81. The molecule has 2 atom stereocenters. The van der Waals surface area contributed by atoms with Gasteiger partial charge in [-0.15, -0.1) is 0 Å². The van der Waals surface area contributed by atoms with E-state index in [0.717, 1.165) is 77.0 Å². The minimum atomic E-state index is -1.03. The van der Waals surface area contributed by atoms with E-state index in [1.54, 1.807) is 0 Å². The predicted octanol–water partition coefficient (Wildman–Crippen LogP) is 8.27. The molecule has 0 aromatic rings. The molecule has 244 valence electrons. The van der Waals surface area contributed by atoms with Crippen LogP contribution in [0.3, 0.4) is 0 Å². The number of nitrogens with one attached hydrogen (secondary N) is 1. The van der Waals surface area contributed by atoms with E-state index in [-0.39, 0.29) is 30.8 Å². The number of allylic oxidation sites excluding steroid dienone is 9. The number of carboxylic acid groups (broad SMARTS) is 1. The van der Waals surface area contributed by atoms with Crippen molar-refractivity contribution in [2.75, 3.05) is 6.54 Å². The number of hydrogen-bond donors (Lipinski definition) is 3. The Hall–Kier alpha value is -2.93. The summed E-state index contributed by atoms with van der Waals surface area (Å²) in [7, 11) is 0. The summed E-state index contributed by atoms with van der Waals surface area (Å²) >= 11 is 0. The average molecular weight is 601 g/mol. The number of aliphatic carboxylic acids is 1. The average Bonchev–Trinajstić information content (AvgIpc) is 2.98. The fraction of sp³-hybridized carbons (Fsp3) is 0.639. The van der Waals surface area contributed by atoms with Crippen LogP contribution in [0.5, 0.6) is 0 Å². The molecule has 7 heteroatoms. The summed E-state index contributed by atoms with van der Waals surface area (Å²) in [5.74, 6) is -1.47. The van der Waals surface area contributed by atoms with Crippen molar-refractivity contribution < 1.29 is 24.2 Å². The van der Waals surface area contributed by atoms with E-state index in [2.05, 4.69) is 67.8 Å². The predicted molar refractivity (Wildman–Crippen MR) is 179 cm³/mol. The summed E-state index contributed by atoms with van der Waals surface area (Å²) in [5, 5.41) is 11.8. The summed E-state index contributed by atoms with van der Waals surface area (Å²) in [6.07, 6.45) is 35.8. The van der Waals surface area contributed by atoms with Gasteiger partial charge in [-0.3, -0.25) is 9.59 Å². The molecule has 0 radical (unpaired) electrons. The molecule has 0 spiro atoms. The molecular weight excluding hydrogens is 540 g/mol. The molecule has 0 aromatic carbocycles. The van der Waals surface area contributed by atoms with Gasteiger partial charge in [-0.1, -0.05) is 100 Å². The highest BCUT2D eigenvalue weighted by Gasteiger charge is 2.19. The number of ether oxygens (including phenoxy) is 1. The second-order valence-electron chi connectivity index (χ2n) is 10.9. The van der Waals surface area contributed by atoms with Gasteiger partial charge in [0.15, 0.2) is 0 Å². The Labute approximate surface area is 261 Å². The van der Waals surface area contributed by atoms with E-state index in [1.165, 1.54) is 6.42 Å². The fourth-order valence-electron chi connectivity index (χ4n) is 4.41. The third-order valence-corrected chi connectivity index (χ3v) is 6.88. The van der Waals surface area contributed by atoms with Crippen LogP contribution < -0.4 is 11.1 Å². The van der Waals surface area contributed by atoms with Crippen LogP contribution in [0.15, 0.2) is 60.8 Å². The van der Waals surface area contributed by atoms with E-state index >= 15 is 0 Å². The zero-order valence-corrected chi connectivity index (χ0v) is 27.0. The van der Waals surface area contributed by atoms with Crippen LogP contribution in [0, 0.1) is 0 Å². The van der Waals surface area contributed by atoms with Gasteiger partial charge in [0.25, 0.3) is 0 Å². The maximum atomic E-state index is 12.5. The first-order chi connectivity index (χ1) is 20.9. The van der Waals surface area contributed by atoms with Gasteiger partial charge < -0.3 is 20.9 Å². The minimum absolute atomic E-state index is 0.103. The SMILES string of the molecule is CC/C=C\C/C=C\C/C=C\C/C=C\C/C=C\CC(=O)OC(CCCCCC)CCCCCC(=O)NC(CCCN)C(=O)O. The van der Waals surface area contributed by atoms with Crippen LogP contribution >= 0.6 is 0 Å². The van der Waals surface area contributed by atoms with Gasteiger partial charge in [0.05, 0.1) is 6.42 Å². The highest BCUT2D eigenvalue weighted by molar-refractivity contribution is 5.83. The number of nitrogens with two attached hydrogens (primary N) is 1. The van der Waals surface area contributed by atoms with Crippen molar-refractivity contribution in [3.05, 3.63) is 60.8 Å². The Bertz CT molecular complexity index is 860. The van der Waals surface area contributed by atoms with Gasteiger partial charge in [0.2, 0.25) is 5.91 Å². The lowest BCUT2D eigenvalue weighted by atomic mass is 10.0. The number of unbranched alkanes of at least 4 members (excludes halogenated alkanes) is 5. The summed E-state index contributed by atoms with van der Waals surface area (Å²) in [6.45, 7) is 4.71. The standard InChI is InChI=1S/C36H60N2O5/c1-3-5-7-9-10-11-12-13-14-15-16-17-18-19-24-30-35(40)43-32(26-21-8-6-4-2)27-22-20-23-29-34(39)38-33(36(41)42)28-25-31-37/h5,7,10-11,13-14,16-17,19,24,32-33H,3-4,6,8-9,12,15,18,20-23,25-31,37H2,1-2H3,(H,38,39)(H,41,42)/b7-5-,11-10-,14-13-,17-16-,24-19-. The van der Waals surface area contributed by atoms with Crippen LogP contribution in [0.1, 0.15) is 129 Å². The van der Waals surface area contributed by atoms with Gasteiger partial charge in [-0.05, 0) is 83.6 Å². The van der Waals surface area contributed by atoms with E-state index in [0.29, 0.717) is 25.8 Å². The lowest BCUT2D eigenvalue weighted by Crippen LogP contribution is -2.40. The highest BCUT2D eigenvalue weighted by atomic mass is 16.5. The number of carboxylic acids is 1. The molecule has 0 saturated carbocycles. The number of carbonyl (C=O) groups is 3. The molecule has 7 nitrogen and oxygen atoms in total. The molecule has 1 amide bonds. The van der Waals surface area contributed by atoms with Crippen LogP contribution in [0.25, 0.3) is 0 Å². The first-order valence-electron chi connectivity index (χ1n) is 16.6. The maximum Gasteiger partial charge on any atom is 0.326 e. The Morgan fingerprint density at radius 1 is 0.698 bits per heavy atom. The Kier molecular flexibility index (Phi) is 28.4. The summed E-state index contributed by atoms with van der Waals surface area (Å²) in [5.41, 5.74) is 5.45. The summed E-state index contributed by atoms with van der Waals surface area (Å²) in [6, 6.07) is -0.883. The van der Waals surface area contributed by atoms with Crippen molar-refractivity contribution in [3.8, 4) is 0 Å². The molecule has 0 aliphatic rings. The Morgan fingerprint density at radius 3 is 1.74 bits per heavy atom. The van der Waals surface area contributed by atoms with Crippen molar-refractivity contribution in [3.63, 3.8) is 0 Å². The molecule has 0 aromatic heterocycles. The van der Waals surface area contributed by atoms with E-state index < -0.39 is 12.0 Å². The topological polar surface area (TPSA) is 119 Å². The van der Waals surface area contributed by atoms with Crippen LogP contribution in [-0.2, 0) is 19.1 Å². The first-order valence-corrected chi connectivity index (χ1v) is 16.6. The van der Waals surface area contributed by atoms with Crippen molar-refractivity contribution >= 4 is 17.8 Å². The molecule has 0 fully saturated rings. The second kappa shape index (κ2) is 30.5. The number of amides is 1. The fourth-order valence-corrected chi connectivity index (χ4v) is 4.41. The number of hydrogen-bond acceptors (Lipinski definition) is 5. The first kappa shape index (κ1) is 40.1. The number of carbonyl (C=O) groups excluding carboxylic acids is 2. The van der Waals surface area contributed by atoms with Gasteiger partial charge in [-0.25, -0.2) is 4.79 Å². The Morgan fingerprint density at radius 2 is 1.23 bits per heavy atom. The molecule has 4 N–H and O–H groups in total. The minimum Gasteiger partial charge on any atom is -0.480 e. The lowest BCUT2D eigenvalue weighted by Gasteiger charge is -2.18. The van der Waals surface area contributed by atoms with E-state index in [9.17, 15) is 19.5 Å². The zero-order chi connectivity index (χ0) is 31.8. The summed E-state index contributed by atoms with van der Waals surface area (Å²) in [4.78, 5) is 35.9. The molecule has 0 heterocycles. The molecule has 0 saturated heterocycles. The molecule has 0 rings (SSSR count). The smallest absolute Gasteiger partial charge is 0.326 e. The third-order valence-electron chi connectivity index (χ3n) is 6.88. The van der Waals surface area contributed by atoms with Gasteiger partial charge in [0.1, 0.15) is 12.1 Å². The number of esters is 1. The maximum absolute atomic E-state index is 12.5. The molecule has 0 bridgehead atoms. The van der Waals surface area contributed by atoms with Crippen LogP contribution in [0.2, 0.25) is 0 Å². The zero-order valence-electron chi connectivity index (χ0n) is 27.0. The van der Waals surface area contributed by atoms with Crippen molar-refractivity contribution in [1.29, 1.82) is 0 Å². The number of rotatable bonds is 28.